The summed E-state index contributed by atoms with van der Waals surface area (Å²) in [6, 6.07) is 2.99. The maximum Gasteiger partial charge on any atom is 0.416 e. The molecule has 0 spiro atoms. The highest BCUT2D eigenvalue weighted by molar-refractivity contribution is 6.33. The number of halogens is 4. The lowest BCUT2D eigenvalue weighted by Crippen LogP contribution is -2.09. The van der Waals surface area contributed by atoms with Crippen LogP contribution in [-0.2, 0) is 6.18 Å². The SMILES string of the molecule is OCCNc1cc(C(F)(F)F)ccc1Cl. The molecule has 15 heavy (non-hydrogen) atoms. The molecular weight excluding hydrogens is 231 g/mol. The Balaban J connectivity index is 2.95. The van der Waals surface area contributed by atoms with Gasteiger partial charge in [0.05, 0.1) is 22.9 Å². The fourth-order valence-corrected chi connectivity index (χ4v) is 1.21. The summed E-state index contributed by atoms with van der Waals surface area (Å²) in [5, 5.41) is 11.3. The van der Waals surface area contributed by atoms with Crippen molar-refractivity contribution in [2.75, 3.05) is 18.5 Å². The van der Waals surface area contributed by atoms with Gasteiger partial charge in [-0.25, -0.2) is 0 Å². The van der Waals surface area contributed by atoms with Crippen molar-refractivity contribution in [3.63, 3.8) is 0 Å². The van der Waals surface area contributed by atoms with Gasteiger partial charge in [-0.2, -0.15) is 13.2 Å². The van der Waals surface area contributed by atoms with Gasteiger partial charge in [-0.1, -0.05) is 11.6 Å². The summed E-state index contributed by atoms with van der Waals surface area (Å²) in [6.45, 7) is -0.0202. The van der Waals surface area contributed by atoms with Crippen LogP contribution < -0.4 is 5.32 Å². The minimum absolute atomic E-state index is 0.154. The molecule has 0 radical (unpaired) electrons. The third-order valence-electron chi connectivity index (χ3n) is 1.72. The van der Waals surface area contributed by atoms with Gasteiger partial charge < -0.3 is 10.4 Å². The number of alkyl halides is 3. The lowest BCUT2D eigenvalue weighted by molar-refractivity contribution is -0.137. The van der Waals surface area contributed by atoms with E-state index in [9.17, 15) is 13.2 Å². The fourth-order valence-electron chi connectivity index (χ4n) is 1.03. The Hall–Kier alpha value is -0.940. The Morgan fingerprint density at radius 3 is 2.53 bits per heavy atom. The molecule has 1 rings (SSSR count). The zero-order valence-corrected chi connectivity index (χ0v) is 8.36. The molecule has 0 aliphatic carbocycles. The Labute approximate surface area is 89.7 Å². The van der Waals surface area contributed by atoms with Crippen molar-refractivity contribution in [2.24, 2.45) is 0 Å². The molecule has 1 aromatic carbocycles. The molecule has 0 amide bonds. The molecule has 0 aromatic heterocycles. The largest absolute Gasteiger partial charge is 0.416 e. The highest BCUT2D eigenvalue weighted by Crippen LogP contribution is 2.33. The Kier molecular flexibility index (Phi) is 3.82. The van der Waals surface area contributed by atoms with E-state index < -0.39 is 11.7 Å². The Bertz CT molecular complexity index is 341. The number of benzene rings is 1. The summed E-state index contributed by atoms with van der Waals surface area (Å²) in [5.74, 6) is 0. The summed E-state index contributed by atoms with van der Waals surface area (Å²) >= 11 is 5.67. The lowest BCUT2D eigenvalue weighted by atomic mass is 10.2. The first-order valence-corrected chi connectivity index (χ1v) is 4.54. The van der Waals surface area contributed by atoms with Gasteiger partial charge in [0.2, 0.25) is 0 Å². The van der Waals surface area contributed by atoms with E-state index >= 15 is 0 Å². The number of anilines is 1. The minimum atomic E-state index is -4.39. The molecule has 0 fully saturated rings. The quantitative estimate of drug-likeness (QED) is 0.850. The van der Waals surface area contributed by atoms with Gasteiger partial charge in [-0.05, 0) is 18.2 Å². The van der Waals surface area contributed by atoms with E-state index in [0.29, 0.717) is 0 Å². The van der Waals surface area contributed by atoms with Crippen molar-refractivity contribution >= 4 is 17.3 Å². The number of aliphatic hydroxyl groups is 1. The first-order chi connectivity index (χ1) is 6.95. The van der Waals surface area contributed by atoms with Crippen LogP contribution in [0.3, 0.4) is 0 Å². The van der Waals surface area contributed by atoms with Crippen LogP contribution in [0.4, 0.5) is 18.9 Å². The number of aliphatic hydroxyl groups excluding tert-OH is 1. The number of hydrogen-bond acceptors (Lipinski definition) is 2. The van der Waals surface area contributed by atoms with Gasteiger partial charge in [0.25, 0.3) is 0 Å². The van der Waals surface area contributed by atoms with Crippen molar-refractivity contribution in [3.8, 4) is 0 Å². The van der Waals surface area contributed by atoms with Crippen LogP contribution in [0.2, 0.25) is 5.02 Å². The first kappa shape index (κ1) is 12.1. The van der Waals surface area contributed by atoms with Crippen molar-refractivity contribution in [2.45, 2.75) is 6.18 Å². The third-order valence-corrected chi connectivity index (χ3v) is 2.05. The van der Waals surface area contributed by atoms with E-state index in [-0.39, 0.29) is 23.9 Å². The zero-order chi connectivity index (χ0) is 11.5. The molecule has 0 saturated heterocycles. The molecule has 0 aliphatic rings. The van der Waals surface area contributed by atoms with Crippen LogP contribution in [0.15, 0.2) is 18.2 Å². The van der Waals surface area contributed by atoms with Gasteiger partial charge in [-0.3, -0.25) is 0 Å². The van der Waals surface area contributed by atoms with E-state index in [4.69, 9.17) is 16.7 Å². The van der Waals surface area contributed by atoms with Crippen molar-refractivity contribution in [1.82, 2.24) is 0 Å². The molecule has 0 bridgehead atoms. The molecule has 6 heteroatoms. The van der Waals surface area contributed by atoms with Gasteiger partial charge >= 0.3 is 6.18 Å². The van der Waals surface area contributed by atoms with Crippen LogP contribution in [0.5, 0.6) is 0 Å². The molecular formula is C9H9ClF3NO. The maximum absolute atomic E-state index is 12.3. The molecule has 2 N–H and O–H groups in total. The second kappa shape index (κ2) is 4.72. The molecule has 2 nitrogen and oxygen atoms in total. The van der Waals surface area contributed by atoms with Crippen LogP contribution in [0.25, 0.3) is 0 Å². The van der Waals surface area contributed by atoms with Crippen LogP contribution in [0, 0.1) is 0 Å². The van der Waals surface area contributed by atoms with E-state index in [1.54, 1.807) is 0 Å². The fraction of sp³-hybridized carbons (Fsp3) is 0.333. The van der Waals surface area contributed by atoms with Crippen molar-refractivity contribution < 1.29 is 18.3 Å². The maximum atomic E-state index is 12.3. The van der Waals surface area contributed by atoms with Gasteiger partial charge in [0, 0.05) is 6.54 Å². The molecule has 84 valence electrons. The standard InChI is InChI=1S/C9H9ClF3NO/c10-7-2-1-6(9(11,12)13)5-8(7)14-3-4-15/h1-2,5,14-15H,3-4H2. The van der Waals surface area contributed by atoms with Crippen molar-refractivity contribution in [1.29, 1.82) is 0 Å². The monoisotopic (exact) mass is 239 g/mol. The van der Waals surface area contributed by atoms with Gasteiger partial charge in [0.15, 0.2) is 0 Å². The molecule has 0 saturated carbocycles. The molecule has 0 atom stereocenters. The first-order valence-electron chi connectivity index (χ1n) is 4.16. The van der Waals surface area contributed by atoms with Crippen molar-refractivity contribution in [3.05, 3.63) is 28.8 Å². The summed E-state index contributed by atoms with van der Waals surface area (Å²) in [6.07, 6.45) is -4.39. The van der Waals surface area contributed by atoms with E-state index in [1.165, 1.54) is 6.07 Å². The predicted molar refractivity (Wildman–Crippen MR) is 52.0 cm³/mol. The zero-order valence-electron chi connectivity index (χ0n) is 7.61. The topological polar surface area (TPSA) is 32.3 Å². The summed E-state index contributed by atoms with van der Waals surface area (Å²) in [5.41, 5.74) is -0.604. The summed E-state index contributed by atoms with van der Waals surface area (Å²) in [4.78, 5) is 0. The normalized spacial score (nSPS) is 11.5. The van der Waals surface area contributed by atoms with Gasteiger partial charge in [0.1, 0.15) is 0 Å². The van der Waals surface area contributed by atoms with Gasteiger partial charge in [-0.15, -0.1) is 0 Å². The Morgan fingerprint density at radius 1 is 1.33 bits per heavy atom. The Morgan fingerprint density at radius 2 is 2.00 bits per heavy atom. The van der Waals surface area contributed by atoms with E-state index in [0.717, 1.165) is 12.1 Å². The molecule has 0 aliphatic heterocycles. The minimum Gasteiger partial charge on any atom is -0.395 e. The van der Waals surface area contributed by atoms with Crippen LogP contribution in [0.1, 0.15) is 5.56 Å². The second-order valence-electron chi connectivity index (χ2n) is 2.84. The average molecular weight is 240 g/mol. The average Bonchev–Trinajstić information content (AvgIpc) is 2.15. The van der Waals surface area contributed by atoms with Crippen LogP contribution >= 0.6 is 11.6 Å². The van der Waals surface area contributed by atoms with Crippen LogP contribution in [-0.4, -0.2) is 18.3 Å². The lowest BCUT2D eigenvalue weighted by Gasteiger charge is -2.11. The van der Waals surface area contributed by atoms with E-state index in [1.807, 2.05) is 0 Å². The number of rotatable bonds is 3. The number of hydrogen-bond donors (Lipinski definition) is 2. The molecule has 0 unspecified atom stereocenters. The number of nitrogens with one attached hydrogen (secondary N) is 1. The smallest absolute Gasteiger partial charge is 0.395 e. The summed E-state index contributed by atoms with van der Waals surface area (Å²) in [7, 11) is 0. The highest BCUT2D eigenvalue weighted by atomic mass is 35.5. The molecule has 1 aromatic rings. The van der Waals surface area contributed by atoms with E-state index in [2.05, 4.69) is 5.32 Å². The summed E-state index contributed by atoms with van der Waals surface area (Å²) < 4.78 is 36.9. The highest BCUT2D eigenvalue weighted by Gasteiger charge is 2.30. The third kappa shape index (κ3) is 3.28. The molecule has 0 heterocycles. The predicted octanol–water partition coefficient (Wildman–Crippen LogP) is 2.76. The second-order valence-corrected chi connectivity index (χ2v) is 3.25.